The van der Waals surface area contributed by atoms with Gasteiger partial charge in [-0.2, -0.15) is 0 Å². The molecule has 0 spiro atoms. The molecule has 0 fully saturated rings. The molecule has 0 aliphatic carbocycles. The molecule has 0 N–H and O–H groups in total. The molecule has 0 amide bonds. The Morgan fingerprint density at radius 1 is 0.206 bits per heavy atom. The molecule has 12 aromatic carbocycles. The van der Waals surface area contributed by atoms with E-state index in [0.29, 0.717) is 0 Å². The fraction of sp³-hybridized carbons (Fsp3) is 0. The molecule has 1 aromatic heterocycles. The zero-order valence-electron chi connectivity index (χ0n) is 34.3. The molecule has 0 bridgehead atoms. The van der Waals surface area contributed by atoms with Crippen molar-refractivity contribution >= 4 is 87.7 Å². The Bertz CT molecular complexity index is 3840. The Morgan fingerprint density at radius 3 is 1.14 bits per heavy atom. The van der Waals surface area contributed by atoms with Crippen molar-refractivity contribution in [1.29, 1.82) is 0 Å². The zero-order valence-corrected chi connectivity index (χ0v) is 36.1. The van der Waals surface area contributed by atoms with Gasteiger partial charge in [-0.1, -0.05) is 18.2 Å². The summed E-state index contributed by atoms with van der Waals surface area (Å²) in [6.07, 6.45) is 0. The fourth-order valence-electron chi connectivity index (χ4n) is 10.6. The monoisotopic (exact) mass is 862 g/mol. The Kier molecular flexibility index (Phi) is 8.34. The average Bonchev–Trinajstić information content (AvgIpc) is 3.73. The van der Waals surface area contributed by atoms with Gasteiger partial charge in [0.1, 0.15) is 0 Å². The van der Waals surface area contributed by atoms with Crippen LogP contribution >= 0.6 is 0 Å². The number of hydrogen-bond acceptors (Lipinski definition) is 0. The van der Waals surface area contributed by atoms with Gasteiger partial charge in [-0.15, -0.1) is 0 Å². The molecule has 0 aliphatic rings. The van der Waals surface area contributed by atoms with Crippen LogP contribution in [0.15, 0.2) is 231 Å². The van der Waals surface area contributed by atoms with Gasteiger partial charge in [0.25, 0.3) is 0 Å². The molecule has 0 saturated carbocycles. The number of fused-ring (bicyclic) bond motifs is 8. The summed E-state index contributed by atoms with van der Waals surface area (Å²) in [5.41, 5.74) is 12.9. The maximum atomic E-state index is 2.51. The molecular weight excluding hydrogens is 824 g/mol. The second-order valence-corrected chi connectivity index (χ2v) is 18.8. The van der Waals surface area contributed by atoms with Gasteiger partial charge in [-0.3, -0.25) is 0 Å². The average molecular weight is 862 g/mol. The molecule has 13 rings (SSSR count). The number of rotatable bonds is 5. The summed E-state index contributed by atoms with van der Waals surface area (Å²) in [6, 6.07) is 85.8. The van der Waals surface area contributed by atoms with E-state index < -0.39 is 0 Å². The molecule has 0 aliphatic heterocycles. The van der Waals surface area contributed by atoms with Crippen LogP contribution in [0.4, 0.5) is 0 Å². The van der Waals surface area contributed by atoms with Crippen LogP contribution in [0.2, 0.25) is 0 Å². The van der Waals surface area contributed by atoms with Gasteiger partial charge in [0.15, 0.2) is 0 Å². The van der Waals surface area contributed by atoms with Crippen LogP contribution in [0.3, 0.4) is 0 Å². The predicted molar refractivity (Wildman–Crippen MR) is 273 cm³/mol. The summed E-state index contributed by atoms with van der Waals surface area (Å²) >= 11 is 0.0945. The van der Waals surface area contributed by atoms with Crippen molar-refractivity contribution in [3.63, 3.8) is 0 Å². The van der Waals surface area contributed by atoms with Gasteiger partial charge in [0.2, 0.25) is 0 Å². The SMILES string of the molecule is c1ccc(-c2ccc(-c3c4ccccc4c(-c4cccc5c4[se]c4cc(-c6c7ccccc7c(-c7ccccc7)c7ccccc67)ccc45)c4ccccc34)c3ccccc23)cc1. The molecule has 0 nitrogen and oxygen atoms in total. The smallest absolute Gasteiger partial charge is 0.0617 e. The molecular formula is C62H38Se. The first-order valence-corrected chi connectivity index (χ1v) is 23.5. The Balaban J connectivity index is 1.04. The summed E-state index contributed by atoms with van der Waals surface area (Å²) in [7, 11) is 0. The molecule has 0 saturated heterocycles. The maximum absolute atomic E-state index is 2.51. The minimum atomic E-state index is 0.0945. The van der Waals surface area contributed by atoms with E-state index in [4.69, 9.17) is 0 Å². The summed E-state index contributed by atoms with van der Waals surface area (Å²) in [5.74, 6) is 0. The summed E-state index contributed by atoms with van der Waals surface area (Å²) in [4.78, 5) is 0. The van der Waals surface area contributed by atoms with Crippen LogP contribution in [0.25, 0.3) is 129 Å². The van der Waals surface area contributed by atoms with Crippen LogP contribution in [0.5, 0.6) is 0 Å². The number of benzene rings is 12. The summed E-state index contributed by atoms with van der Waals surface area (Å²) in [6.45, 7) is 0. The normalized spacial score (nSPS) is 11.8. The Hall–Kier alpha value is -7.54. The van der Waals surface area contributed by atoms with Gasteiger partial charge < -0.3 is 0 Å². The number of hydrogen-bond donors (Lipinski definition) is 0. The van der Waals surface area contributed by atoms with Crippen LogP contribution in [0.1, 0.15) is 0 Å². The van der Waals surface area contributed by atoms with E-state index in [-0.39, 0.29) is 14.5 Å². The second kappa shape index (κ2) is 14.5. The third-order valence-corrected chi connectivity index (χ3v) is 15.8. The van der Waals surface area contributed by atoms with Crippen LogP contribution in [-0.4, -0.2) is 14.5 Å². The van der Waals surface area contributed by atoms with Gasteiger partial charge in [0.05, 0.1) is 0 Å². The van der Waals surface area contributed by atoms with E-state index in [2.05, 4.69) is 231 Å². The first-order valence-electron chi connectivity index (χ1n) is 21.8. The van der Waals surface area contributed by atoms with Crippen LogP contribution < -0.4 is 0 Å². The van der Waals surface area contributed by atoms with E-state index in [9.17, 15) is 0 Å². The van der Waals surface area contributed by atoms with Crippen molar-refractivity contribution in [2.45, 2.75) is 0 Å². The third kappa shape index (κ3) is 5.61. The van der Waals surface area contributed by atoms with E-state index in [1.807, 2.05) is 0 Å². The quantitative estimate of drug-likeness (QED) is 0.119. The molecule has 1 heterocycles. The molecule has 0 radical (unpaired) electrons. The Labute approximate surface area is 371 Å². The molecule has 63 heavy (non-hydrogen) atoms. The minimum Gasteiger partial charge on any atom is -0.0617 e. The van der Waals surface area contributed by atoms with Gasteiger partial charge in [-0.25, -0.2) is 0 Å². The van der Waals surface area contributed by atoms with E-state index in [0.717, 1.165) is 0 Å². The standard InChI is InChI=1S/C62H38Se/c1-3-18-39(19-4-1)42-36-37-54(44-23-8-7-22-43(42)44)60-50-28-13-15-30-52(50)61(53-31-16-14-29-51(53)60)56-33-17-32-55-45-35-34-41(38-57(45)63-62(55)56)59-48-26-11-9-24-46(48)58(40-20-5-2-6-21-40)47-25-10-12-27-49(47)59/h1-38H. The minimum absolute atomic E-state index is 0.0945. The van der Waals surface area contributed by atoms with Crippen molar-refractivity contribution in [1.82, 2.24) is 0 Å². The fourth-order valence-corrected chi connectivity index (χ4v) is 13.2. The predicted octanol–water partition coefficient (Wildman–Crippen LogP) is 17.2. The Morgan fingerprint density at radius 2 is 0.603 bits per heavy atom. The molecule has 0 unspecified atom stereocenters. The van der Waals surface area contributed by atoms with E-state index in [1.165, 1.54) is 129 Å². The second-order valence-electron chi connectivity index (χ2n) is 16.6. The molecule has 0 atom stereocenters. The van der Waals surface area contributed by atoms with E-state index in [1.54, 1.807) is 0 Å². The van der Waals surface area contributed by atoms with Crippen LogP contribution in [0, 0.1) is 0 Å². The van der Waals surface area contributed by atoms with Crippen molar-refractivity contribution < 1.29 is 0 Å². The molecule has 292 valence electrons. The van der Waals surface area contributed by atoms with Gasteiger partial charge in [-0.05, 0) is 0 Å². The van der Waals surface area contributed by atoms with E-state index >= 15 is 0 Å². The zero-order chi connectivity index (χ0) is 41.4. The summed E-state index contributed by atoms with van der Waals surface area (Å²) in [5, 5.41) is 15.6. The van der Waals surface area contributed by atoms with Gasteiger partial charge in [0, 0.05) is 0 Å². The van der Waals surface area contributed by atoms with Crippen molar-refractivity contribution in [2.24, 2.45) is 0 Å². The topological polar surface area (TPSA) is 0 Å². The van der Waals surface area contributed by atoms with Gasteiger partial charge >= 0.3 is 356 Å². The molecule has 1 heteroatoms. The summed E-state index contributed by atoms with van der Waals surface area (Å²) < 4.78 is 2.91. The first kappa shape index (κ1) is 36.1. The van der Waals surface area contributed by atoms with Crippen molar-refractivity contribution in [3.8, 4) is 55.6 Å². The first-order chi connectivity index (χ1) is 31.3. The van der Waals surface area contributed by atoms with Crippen molar-refractivity contribution in [2.75, 3.05) is 0 Å². The van der Waals surface area contributed by atoms with Crippen molar-refractivity contribution in [3.05, 3.63) is 231 Å². The molecule has 13 aromatic rings. The third-order valence-electron chi connectivity index (χ3n) is 13.3. The van der Waals surface area contributed by atoms with Crippen LogP contribution in [-0.2, 0) is 0 Å².